The number of hydrogen-bond donors (Lipinski definition) is 0. The Hall–Kier alpha value is -2.89. The number of Topliss-reactive ketones (excluding diaryl/α,β-unsaturated/α-hetero) is 1. The number of benzene rings is 1. The molecular weight excluding hydrogens is 356 g/mol. The number of hydrogen-bond acceptors (Lipinski definition) is 5. The van der Waals surface area contributed by atoms with Crippen molar-refractivity contribution in [3.8, 4) is 5.88 Å². The number of ether oxygens (including phenoxy) is 2. The molecule has 2 saturated heterocycles. The Morgan fingerprint density at radius 2 is 1.79 bits per heavy atom. The number of pyridine rings is 1. The van der Waals surface area contributed by atoms with Crippen molar-refractivity contribution < 1.29 is 19.1 Å². The fraction of sp³-hybridized carbons (Fsp3) is 0.409. The van der Waals surface area contributed by atoms with Crippen LogP contribution >= 0.6 is 0 Å². The Balaban J connectivity index is 1.41. The van der Waals surface area contributed by atoms with Crippen molar-refractivity contribution in [1.29, 1.82) is 0 Å². The molecule has 1 amide bonds. The zero-order valence-corrected chi connectivity index (χ0v) is 15.9. The monoisotopic (exact) mass is 380 g/mol. The summed E-state index contributed by atoms with van der Waals surface area (Å²) in [7, 11) is 1.52. The quantitative estimate of drug-likeness (QED) is 0.737. The van der Waals surface area contributed by atoms with Gasteiger partial charge in [0.2, 0.25) is 5.88 Å². The molecule has 3 heterocycles. The van der Waals surface area contributed by atoms with Crippen molar-refractivity contribution in [2.24, 2.45) is 5.92 Å². The highest BCUT2D eigenvalue weighted by molar-refractivity contribution is 6.00. The van der Waals surface area contributed by atoms with Crippen molar-refractivity contribution in [2.75, 3.05) is 7.11 Å². The molecule has 0 aliphatic carbocycles. The highest BCUT2D eigenvalue weighted by Gasteiger charge is 2.46. The molecule has 0 saturated carbocycles. The van der Waals surface area contributed by atoms with Gasteiger partial charge >= 0.3 is 6.09 Å². The van der Waals surface area contributed by atoms with E-state index in [1.165, 1.54) is 7.11 Å². The second-order valence-electron chi connectivity index (χ2n) is 7.43. The third kappa shape index (κ3) is 3.59. The fourth-order valence-electron chi connectivity index (χ4n) is 4.44. The third-order valence-electron chi connectivity index (χ3n) is 5.75. The maximum Gasteiger partial charge on any atom is 0.410 e. The van der Waals surface area contributed by atoms with E-state index in [1.54, 1.807) is 18.3 Å². The molecule has 2 aliphatic rings. The highest BCUT2D eigenvalue weighted by atomic mass is 16.6. The summed E-state index contributed by atoms with van der Waals surface area (Å²) in [5.74, 6) is 0.303. The number of rotatable bonds is 5. The van der Waals surface area contributed by atoms with Crippen molar-refractivity contribution in [3.05, 3.63) is 59.8 Å². The predicted octanol–water partition coefficient (Wildman–Crippen LogP) is 3.85. The Kier molecular flexibility index (Phi) is 5.28. The summed E-state index contributed by atoms with van der Waals surface area (Å²) in [6.45, 7) is 0.269. The van der Waals surface area contributed by atoms with E-state index in [2.05, 4.69) is 4.98 Å². The minimum absolute atomic E-state index is 0.0543. The van der Waals surface area contributed by atoms with Crippen LogP contribution in [0.4, 0.5) is 4.79 Å². The number of methoxy groups -OCH3 is 1. The molecule has 0 radical (unpaired) electrons. The number of carbonyl (C=O) groups excluding carboxylic acids is 2. The summed E-state index contributed by atoms with van der Waals surface area (Å²) in [4.78, 5) is 31.7. The summed E-state index contributed by atoms with van der Waals surface area (Å²) in [5.41, 5.74) is 1.49. The van der Waals surface area contributed by atoms with Gasteiger partial charge in [-0.15, -0.1) is 0 Å². The van der Waals surface area contributed by atoms with Gasteiger partial charge in [0, 0.05) is 24.2 Å². The number of aromatic nitrogens is 1. The molecule has 6 heteroatoms. The molecule has 2 bridgehead atoms. The van der Waals surface area contributed by atoms with Crippen LogP contribution in [-0.2, 0) is 11.3 Å². The van der Waals surface area contributed by atoms with E-state index in [1.807, 2.05) is 35.2 Å². The minimum atomic E-state index is -0.277. The summed E-state index contributed by atoms with van der Waals surface area (Å²) in [5, 5.41) is 0. The van der Waals surface area contributed by atoms with Crippen molar-refractivity contribution in [3.63, 3.8) is 0 Å². The van der Waals surface area contributed by atoms with E-state index in [9.17, 15) is 9.59 Å². The SMILES string of the molecule is COc1ncccc1C(=O)C1CC2CCC(C1)N2C(=O)OCc1ccccc1. The lowest BCUT2D eigenvalue weighted by Gasteiger charge is -2.37. The first-order valence-electron chi connectivity index (χ1n) is 9.69. The summed E-state index contributed by atoms with van der Waals surface area (Å²) in [6, 6.07) is 13.3. The van der Waals surface area contributed by atoms with E-state index >= 15 is 0 Å². The number of piperidine rings is 1. The average Bonchev–Trinajstić information content (AvgIpc) is 3.01. The van der Waals surface area contributed by atoms with E-state index in [-0.39, 0.29) is 36.5 Å². The van der Waals surface area contributed by atoms with Gasteiger partial charge in [-0.1, -0.05) is 30.3 Å². The largest absolute Gasteiger partial charge is 0.480 e. The number of ketones is 1. The molecule has 0 spiro atoms. The number of fused-ring (bicyclic) bond motifs is 2. The molecule has 2 aliphatic heterocycles. The Morgan fingerprint density at radius 1 is 1.07 bits per heavy atom. The van der Waals surface area contributed by atoms with Crippen LogP contribution in [0.5, 0.6) is 5.88 Å². The molecule has 2 atom stereocenters. The Bertz CT molecular complexity index is 841. The van der Waals surface area contributed by atoms with Crippen molar-refractivity contribution in [1.82, 2.24) is 9.88 Å². The first-order valence-corrected chi connectivity index (χ1v) is 9.69. The molecular formula is C22H24N2O4. The number of nitrogens with zero attached hydrogens (tertiary/aromatic N) is 2. The molecule has 0 N–H and O–H groups in total. The molecule has 6 nitrogen and oxygen atoms in total. The van der Waals surface area contributed by atoms with Gasteiger partial charge in [-0.3, -0.25) is 4.79 Å². The molecule has 1 aromatic heterocycles. The van der Waals surface area contributed by atoms with Gasteiger partial charge < -0.3 is 14.4 Å². The van der Waals surface area contributed by atoms with Crippen LogP contribution in [0.1, 0.15) is 41.6 Å². The van der Waals surface area contributed by atoms with Gasteiger partial charge in [0.15, 0.2) is 5.78 Å². The molecule has 2 aromatic rings. The van der Waals surface area contributed by atoms with Gasteiger partial charge in [-0.2, -0.15) is 0 Å². The van der Waals surface area contributed by atoms with Gasteiger partial charge in [0.25, 0.3) is 0 Å². The first kappa shape index (κ1) is 18.5. The summed E-state index contributed by atoms with van der Waals surface area (Å²) < 4.78 is 10.8. The zero-order valence-electron chi connectivity index (χ0n) is 15.9. The predicted molar refractivity (Wildman–Crippen MR) is 103 cm³/mol. The normalized spacial score (nSPS) is 23.3. The summed E-state index contributed by atoms with van der Waals surface area (Å²) >= 11 is 0. The zero-order chi connectivity index (χ0) is 19.5. The lowest BCUT2D eigenvalue weighted by atomic mass is 9.85. The Morgan fingerprint density at radius 3 is 2.46 bits per heavy atom. The van der Waals surface area contributed by atoms with Crippen molar-refractivity contribution >= 4 is 11.9 Å². The molecule has 1 aromatic carbocycles. The van der Waals surface area contributed by atoms with Crippen LogP contribution in [0.3, 0.4) is 0 Å². The van der Waals surface area contributed by atoms with E-state index in [0.29, 0.717) is 24.3 Å². The molecule has 2 fully saturated rings. The van der Waals surface area contributed by atoms with Crippen LogP contribution in [0.15, 0.2) is 48.7 Å². The van der Waals surface area contributed by atoms with Gasteiger partial charge in [-0.05, 0) is 43.4 Å². The van der Waals surface area contributed by atoms with E-state index < -0.39 is 0 Å². The van der Waals surface area contributed by atoms with E-state index in [4.69, 9.17) is 9.47 Å². The average molecular weight is 380 g/mol. The number of carbonyl (C=O) groups is 2. The smallest absolute Gasteiger partial charge is 0.410 e. The Labute approximate surface area is 164 Å². The third-order valence-corrected chi connectivity index (χ3v) is 5.75. The maximum atomic E-state index is 13.0. The fourth-order valence-corrected chi connectivity index (χ4v) is 4.44. The maximum absolute atomic E-state index is 13.0. The molecule has 146 valence electrons. The second-order valence-corrected chi connectivity index (χ2v) is 7.43. The van der Waals surface area contributed by atoms with E-state index in [0.717, 1.165) is 18.4 Å². The van der Waals surface area contributed by atoms with Crippen LogP contribution < -0.4 is 4.74 Å². The molecule has 28 heavy (non-hydrogen) atoms. The highest BCUT2D eigenvalue weighted by Crippen LogP contribution is 2.40. The molecule has 4 rings (SSSR count). The van der Waals surface area contributed by atoms with Crippen molar-refractivity contribution in [2.45, 2.75) is 44.4 Å². The lowest BCUT2D eigenvalue weighted by Crippen LogP contribution is -2.48. The van der Waals surface area contributed by atoms with Crippen LogP contribution in [0, 0.1) is 5.92 Å². The second kappa shape index (κ2) is 8.00. The van der Waals surface area contributed by atoms with Gasteiger partial charge in [0.1, 0.15) is 6.61 Å². The van der Waals surface area contributed by atoms with Gasteiger partial charge in [0.05, 0.1) is 12.7 Å². The molecule has 2 unspecified atom stereocenters. The first-order chi connectivity index (χ1) is 13.7. The van der Waals surface area contributed by atoms with Gasteiger partial charge in [-0.25, -0.2) is 9.78 Å². The number of amides is 1. The van der Waals surface area contributed by atoms with Crippen LogP contribution in [-0.4, -0.2) is 41.0 Å². The topological polar surface area (TPSA) is 68.7 Å². The van der Waals surface area contributed by atoms with Crippen LogP contribution in [0.25, 0.3) is 0 Å². The lowest BCUT2D eigenvalue weighted by molar-refractivity contribution is 0.0484. The van der Waals surface area contributed by atoms with Crippen LogP contribution in [0.2, 0.25) is 0 Å². The minimum Gasteiger partial charge on any atom is -0.480 e. The standard InChI is InChI=1S/C22H24N2O4/c1-27-21-19(8-5-11-23-21)20(25)16-12-17-9-10-18(13-16)24(17)22(26)28-14-15-6-3-2-4-7-15/h2-8,11,16-18H,9-10,12-14H2,1H3. The summed E-state index contributed by atoms with van der Waals surface area (Å²) in [6.07, 6.45) is 4.49.